The predicted molar refractivity (Wildman–Crippen MR) is 209 cm³/mol. The molecule has 10 nitrogen and oxygen atoms in total. The van der Waals surface area contributed by atoms with Gasteiger partial charge >= 0.3 is 36.2 Å². The summed E-state index contributed by atoms with van der Waals surface area (Å²) >= 11 is 0. The van der Waals surface area contributed by atoms with E-state index in [4.69, 9.17) is 18.9 Å². The summed E-state index contributed by atoms with van der Waals surface area (Å²) in [6.45, 7) is 7.51. The number of alkyl halides is 6. The van der Waals surface area contributed by atoms with Crippen molar-refractivity contribution in [1.29, 1.82) is 0 Å². The summed E-state index contributed by atoms with van der Waals surface area (Å²) < 4.78 is 145. The van der Waals surface area contributed by atoms with Gasteiger partial charge in [-0.1, -0.05) is 13.2 Å². The number of halogens is 8. The monoisotopic (exact) mass is 882 g/mol. The fraction of sp³-hybridized carbons (Fsp3) is 0.318. The number of unbranched alkanes of at least 4 members (excludes halogenated alkanes) is 6. The summed E-state index contributed by atoms with van der Waals surface area (Å²) in [4.78, 5) is 47.0. The van der Waals surface area contributed by atoms with Crippen LogP contribution >= 0.6 is 0 Å². The zero-order valence-corrected chi connectivity index (χ0v) is 33.1. The molecule has 0 spiro atoms. The Kier molecular flexibility index (Phi) is 19.9. The average molecular weight is 883 g/mol. The number of esters is 4. The molecule has 334 valence electrons. The number of carbonyl (C=O) groups is 4. The topological polar surface area (TPSA) is 124 Å². The van der Waals surface area contributed by atoms with Gasteiger partial charge in [-0.3, -0.25) is 0 Å². The highest BCUT2D eigenvalue weighted by molar-refractivity contribution is 5.90. The molecular weight excluding hydrogens is 840 g/mol. The number of hydrogen-bond acceptors (Lipinski definition) is 10. The lowest BCUT2D eigenvalue weighted by Crippen LogP contribution is -2.21. The van der Waals surface area contributed by atoms with Crippen molar-refractivity contribution in [3.8, 4) is 23.0 Å². The maximum atomic E-state index is 14.7. The average Bonchev–Trinajstić information content (AvgIpc) is 3.21. The van der Waals surface area contributed by atoms with Gasteiger partial charge in [0.15, 0.2) is 0 Å². The Bertz CT molecular complexity index is 1940. The molecule has 0 radical (unpaired) electrons. The minimum absolute atomic E-state index is 0.127. The number of carbonyl (C=O) groups excluding carboxylic acids is 4. The maximum Gasteiger partial charge on any atom is 0.420 e. The molecule has 62 heavy (non-hydrogen) atoms. The van der Waals surface area contributed by atoms with Crippen LogP contribution < -0.4 is 18.9 Å². The van der Waals surface area contributed by atoms with Crippen molar-refractivity contribution < 1.29 is 82.7 Å². The third kappa shape index (κ3) is 17.3. The highest BCUT2D eigenvalue weighted by Gasteiger charge is 2.48. The van der Waals surface area contributed by atoms with E-state index in [-0.39, 0.29) is 49.1 Å². The number of ether oxygens (including phenoxy) is 6. The Morgan fingerprint density at radius 2 is 0.855 bits per heavy atom. The van der Waals surface area contributed by atoms with Crippen LogP contribution in [0.2, 0.25) is 0 Å². The molecule has 0 fully saturated rings. The number of benzene rings is 3. The fourth-order valence-electron chi connectivity index (χ4n) is 5.32. The first-order valence-corrected chi connectivity index (χ1v) is 19.0. The van der Waals surface area contributed by atoms with Gasteiger partial charge in [-0.2, -0.15) is 26.3 Å². The van der Waals surface area contributed by atoms with Gasteiger partial charge in [0.25, 0.3) is 0 Å². The summed E-state index contributed by atoms with van der Waals surface area (Å²) in [5.41, 5.74) is -5.44. The van der Waals surface area contributed by atoms with E-state index in [9.17, 15) is 54.3 Å². The fourth-order valence-corrected chi connectivity index (χ4v) is 5.32. The van der Waals surface area contributed by atoms with Crippen LogP contribution in [0.3, 0.4) is 0 Å². The van der Waals surface area contributed by atoms with Gasteiger partial charge in [-0.15, -0.1) is 0 Å². The van der Waals surface area contributed by atoms with E-state index in [1.54, 1.807) is 0 Å². The van der Waals surface area contributed by atoms with Crippen molar-refractivity contribution in [3.63, 3.8) is 0 Å². The molecule has 0 aromatic heterocycles. The van der Waals surface area contributed by atoms with Gasteiger partial charge in [0.1, 0.15) is 45.8 Å². The first-order chi connectivity index (χ1) is 29.4. The lowest BCUT2D eigenvalue weighted by atomic mass is 10.0. The van der Waals surface area contributed by atoms with Gasteiger partial charge in [0.05, 0.1) is 26.4 Å². The van der Waals surface area contributed by atoms with E-state index in [0.29, 0.717) is 50.0 Å². The quantitative estimate of drug-likeness (QED) is 0.0282. The molecular formula is C44H42F8O10. The zero-order valence-electron chi connectivity index (χ0n) is 33.1. The summed E-state index contributed by atoms with van der Waals surface area (Å²) in [5.74, 6) is -8.97. The summed E-state index contributed by atoms with van der Waals surface area (Å²) in [7, 11) is 0. The summed E-state index contributed by atoms with van der Waals surface area (Å²) in [5, 5.41) is 0. The minimum Gasteiger partial charge on any atom is -0.493 e. The Labute approximate surface area is 351 Å². The van der Waals surface area contributed by atoms with E-state index in [0.717, 1.165) is 62.1 Å². The van der Waals surface area contributed by atoms with Gasteiger partial charge in [-0.05, 0) is 99.9 Å². The molecule has 0 N–H and O–H groups in total. The third-order valence-electron chi connectivity index (χ3n) is 8.30. The minimum atomic E-state index is -5.81. The largest absolute Gasteiger partial charge is 0.493 e. The van der Waals surface area contributed by atoms with E-state index in [2.05, 4.69) is 22.6 Å². The van der Waals surface area contributed by atoms with Crippen molar-refractivity contribution in [2.45, 2.75) is 63.7 Å². The molecule has 0 amide bonds. The van der Waals surface area contributed by atoms with Crippen molar-refractivity contribution in [3.05, 3.63) is 120 Å². The van der Waals surface area contributed by atoms with Crippen LogP contribution in [0, 0.1) is 11.6 Å². The van der Waals surface area contributed by atoms with E-state index in [1.165, 1.54) is 24.3 Å². The lowest BCUT2D eigenvalue weighted by molar-refractivity contribution is -0.164. The molecule has 3 rings (SSSR count). The van der Waals surface area contributed by atoms with E-state index >= 15 is 0 Å². The highest BCUT2D eigenvalue weighted by Crippen LogP contribution is 2.49. The highest BCUT2D eigenvalue weighted by atomic mass is 19.4. The molecule has 3 aromatic rings. The Morgan fingerprint density at radius 3 is 1.18 bits per heavy atom. The Hall–Kier alpha value is -6.46. The van der Waals surface area contributed by atoms with E-state index in [1.807, 2.05) is 0 Å². The van der Waals surface area contributed by atoms with Crippen LogP contribution in [0.25, 0.3) is 12.2 Å². The second-order valence-corrected chi connectivity index (χ2v) is 13.0. The smallest absolute Gasteiger partial charge is 0.420 e. The van der Waals surface area contributed by atoms with Crippen LogP contribution in [0.4, 0.5) is 35.1 Å². The third-order valence-corrected chi connectivity index (χ3v) is 8.30. The van der Waals surface area contributed by atoms with Crippen molar-refractivity contribution in [2.24, 2.45) is 0 Å². The van der Waals surface area contributed by atoms with Crippen LogP contribution in [0.5, 0.6) is 23.0 Å². The van der Waals surface area contributed by atoms with Crippen molar-refractivity contribution in [1.82, 2.24) is 0 Å². The van der Waals surface area contributed by atoms with Gasteiger partial charge in [0.2, 0.25) is 0 Å². The summed E-state index contributed by atoms with van der Waals surface area (Å²) in [6.07, 6.45) is -1.50. The predicted octanol–water partition coefficient (Wildman–Crippen LogP) is 10.6. The SMILES string of the molecule is C=CC(=O)OCCCCCCOc1ccc(C=CC(=O)Oc2ccc(OC(=O)C=Cc3ccc(OCCCCCCOC(=O)C=C)cc3F)c(C(F)(F)F)c2C(F)(F)F)c(F)c1. The lowest BCUT2D eigenvalue weighted by Gasteiger charge is -2.21. The molecule has 0 unspecified atom stereocenters. The van der Waals surface area contributed by atoms with Crippen LogP contribution in [-0.2, 0) is 41.0 Å². The van der Waals surface area contributed by atoms with Crippen molar-refractivity contribution >= 4 is 36.0 Å². The molecule has 0 aliphatic heterocycles. The first-order valence-electron chi connectivity index (χ1n) is 19.0. The van der Waals surface area contributed by atoms with Gasteiger partial charge in [0, 0.05) is 47.6 Å². The molecule has 0 aliphatic carbocycles. The summed E-state index contributed by atoms with van der Waals surface area (Å²) in [6, 6.07) is 7.69. The van der Waals surface area contributed by atoms with Crippen molar-refractivity contribution in [2.75, 3.05) is 26.4 Å². The van der Waals surface area contributed by atoms with Crippen LogP contribution in [-0.4, -0.2) is 50.3 Å². The number of hydrogen-bond donors (Lipinski definition) is 0. The molecule has 18 heteroatoms. The van der Waals surface area contributed by atoms with Crippen LogP contribution in [0.15, 0.2) is 86.0 Å². The van der Waals surface area contributed by atoms with Gasteiger partial charge in [-0.25, -0.2) is 28.0 Å². The zero-order chi connectivity index (χ0) is 45.7. The molecule has 0 heterocycles. The maximum absolute atomic E-state index is 14.7. The number of rotatable bonds is 24. The second kappa shape index (κ2) is 24.7. The standard InChI is InChI=1S/C44H42F8O10/c1-3-37(53)59-25-11-7-5-9-23-57-31-17-13-29(33(45)27-31)15-21-39(55)61-35-19-20-36(42(44(50,51)52)41(35)43(47,48)49)62-40(56)22-16-30-14-18-32(28-34(30)46)58-24-10-6-8-12-26-60-38(54)4-2/h3-4,13-22,27-28H,1-2,5-12,23-26H2. The molecule has 0 saturated heterocycles. The van der Waals surface area contributed by atoms with Crippen LogP contribution in [0.1, 0.15) is 73.6 Å². The molecule has 0 bridgehead atoms. The van der Waals surface area contributed by atoms with Gasteiger partial charge < -0.3 is 28.4 Å². The molecule has 0 saturated carbocycles. The molecule has 0 atom stereocenters. The first kappa shape index (κ1) is 49.9. The molecule has 0 aliphatic rings. The Balaban J connectivity index is 1.62. The Morgan fingerprint density at radius 1 is 0.500 bits per heavy atom. The molecule has 3 aromatic carbocycles. The normalized spacial score (nSPS) is 11.6. The van der Waals surface area contributed by atoms with E-state index < -0.39 is 70.5 Å². The second-order valence-electron chi connectivity index (χ2n) is 13.0.